The molecule has 2 N–H and O–H groups in total. The van der Waals surface area contributed by atoms with Gasteiger partial charge in [-0.05, 0) is 47.0 Å². The first kappa shape index (κ1) is 16.3. The van der Waals surface area contributed by atoms with E-state index in [-0.39, 0.29) is 11.8 Å². The van der Waals surface area contributed by atoms with Crippen LogP contribution in [0.4, 0.5) is 0 Å². The molecule has 0 aromatic heterocycles. The number of rotatable bonds is 6. The molecule has 2 rings (SSSR count). The molecule has 1 heterocycles. The number of nitrogens with zero attached hydrogens (tertiary/aromatic N) is 1. The van der Waals surface area contributed by atoms with Crippen molar-refractivity contribution in [3.8, 4) is 11.5 Å². The molecule has 0 spiro atoms. The van der Waals surface area contributed by atoms with Crippen molar-refractivity contribution in [1.29, 1.82) is 0 Å². The molecule has 0 unspecified atom stereocenters. The Morgan fingerprint density at radius 3 is 2.81 bits per heavy atom. The van der Waals surface area contributed by atoms with Crippen LogP contribution < -0.4 is 10.1 Å². The number of nitrogens with one attached hydrogen (secondary N) is 1. The van der Waals surface area contributed by atoms with Crippen LogP contribution in [-0.2, 0) is 0 Å². The Morgan fingerprint density at radius 1 is 1.48 bits per heavy atom. The lowest BCUT2D eigenvalue weighted by Crippen LogP contribution is -2.45. The predicted molar refractivity (Wildman–Crippen MR) is 89.0 cm³/mol. The number of aromatic hydroxyl groups is 1. The van der Waals surface area contributed by atoms with Crippen LogP contribution in [0.5, 0.6) is 11.5 Å². The number of hydrogen-bond donors (Lipinski definition) is 2. The lowest BCUT2D eigenvalue weighted by atomic mass is 10.0. The summed E-state index contributed by atoms with van der Waals surface area (Å²) in [5.74, 6) is 0.698. The van der Waals surface area contributed by atoms with Gasteiger partial charge in [-0.3, -0.25) is 4.90 Å². The van der Waals surface area contributed by atoms with Crippen LogP contribution in [0.1, 0.15) is 24.9 Å². The number of ether oxygens (including phenoxy) is 1. The summed E-state index contributed by atoms with van der Waals surface area (Å²) in [6.07, 6.45) is 2.83. The van der Waals surface area contributed by atoms with Crippen LogP contribution in [0.15, 0.2) is 29.3 Å². The van der Waals surface area contributed by atoms with E-state index < -0.39 is 0 Å². The van der Waals surface area contributed by atoms with Crippen LogP contribution >= 0.6 is 15.9 Å². The number of phenols is 1. The minimum Gasteiger partial charge on any atom is -0.503 e. The van der Waals surface area contributed by atoms with E-state index in [9.17, 15) is 5.11 Å². The summed E-state index contributed by atoms with van der Waals surface area (Å²) in [5, 5.41) is 13.4. The zero-order chi connectivity index (χ0) is 15.2. The van der Waals surface area contributed by atoms with E-state index in [0.717, 1.165) is 38.2 Å². The number of halogens is 1. The van der Waals surface area contributed by atoms with Crippen molar-refractivity contribution in [2.45, 2.75) is 19.4 Å². The Hall–Kier alpha value is -1.04. The lowest BCUT2D eigenvalue weighted by Gasteiger charge is -2.35. The third-order valence-corrected chi connectivity index (χ3v) is 4.32. The maximum atomic E-state index is 10.1. The normalized spacial score (nSPS) is 17.4. The van der Waals surface area contributed by atoms with E-state index >= 15 is 0 Å². The molecule has 1 aliphatic heterocycles. The van der Waals surface area contributed by atoms with Crippen molar-refractivity contribution in [2.75, 3.05) is 32.8 Å². The van der Waals surface area contributed by atoms with E-state index in [1.165, 1.54) is 0 Å². The van der Waals surface area contributed by atoms with Gasteiger partial charge in [0.2, 0.25) is 0 Å². The molecule has 1 saturated heterocycles. The highest BCUT2D eigenvalue weighted by atomic mass is 79.9. The fourth-order valence-corrected chi connectivity index (χ4v) is 3.16. The van der Waals surface area contributed by atoms with Gasteiger partial charge in [-0.15, -0.1) is 6.58 Å². The van der Waals surface area contributed by atoms with Crippen molar-refractivity contribution in [3.05, 3.63) is 34.8 Å². The highest BCUT2D eigenvalue weighted by Crippen LogP contribution is 2.39. The highest BCUT2D eigenvalue weighted by molar-refractivity contribution is 9.10. The third-order valence-electron chi connectivity index (χ3n) is 3.72. The molecular weight excluding hydrogens is 332 g/mol. The van der Waals surface area contributed by atoms with Gasteiger partial charge in [0.05, 0.1) is 11.1 Å². The molecule has 116 valence electrons. The number of benzene rings is 1. The summed E-state index contributed by atoms with van der Waals surface area (Å²) in [6, 6.07) is 4.19. The number of phenolic OH excluding ortho intramolecular Hbond substituents is 1. The largest absolute Gasteiger partial charge is 0.503 e. The summed E-state index contributed by atoms with van der Waals surface area (Å²) < 4.78 is 6.21. The zero-order valence-electron chi connectivity index (χ0n) is 12.4. The van der Waals surface area contributed by atoms with Crippen molar-refractivity contribution in [2.24, 2.45) is 0 Å². The molecule has 1 atom stereocenters. The predicted octanol–water partition coefficient (Wildman–Crippen LogP) is 3.08. The fourth-order valence-electron chi connectivity index (χ4n) is 2.70. The summed E-state index contributed by atoms with van der Waals surface area (Å²) in [4.78, 5) is 2.45. The second-order valence-corrected chi connectivity index (χ2v) is 5.96. The third kappa shape index (κ3) is 3.99. The number of hydrogen-bond acceptors (Lipinski definition) is 4. The van der Waals surface area contributed by atoms with Crippen molar-refractivity contribution >= 4 is 15.9 Å². The maximum Gasteiger partial charge on any atom is 0.172 e. The van der Waals surface area contributed by atoms with Crippen LogP contribution in [0.2, 0.25) is 0 Å². The highest BCUT2D eigenvalue weighted by Gasteiger charge is 2.23. The standard InChI is InChI=1S/C16H23BrN2O2/c1-3-5-14(19-8-6-18-7-9-19)12-10-13(17)16(20)15(11-12)21-4-2/h3,10-11,14,18,20H,1,4-9H2,2H3/t14-/m1/s1. The van der Waals surface area contributed by atoms with Gasteiger partial charge in [-0.1, -0.05) is 6.08 Å². The van der Waals surface area contributed by atoms with Gasteiger partial charge in [-0.25, -0.2) is 0 Å². The average Bonchev–Trinajstić information content (AvgIpc) is 2.50. The molecule has 1 fully saturated rings. The van der Waals surface area contributed by atoms with Gasteiger partial charge in [0.25, 0.3) is 0 Å². The van der Waals surface area contributed by atoms with Gasteiger partial charge >= 0.3 is 0 Å². The molecule has 1 aromatic carbocycles. The van der Waals surface area contributed by atoms with Crippen LogP contribution in [0.25, 0.3) is 0 Å². The quantitative estimate of drug-likeness (QED) is 0.770. The Morgan fingerprint density at radius 2 is 2.19 bits per heavy atom. The van der Waals surface area contributed by atoms with E-state index in [4.69, 9.17) is 4.74 Å². The zero-order valence-corrected chi connectivity index (χ0v) is 14.0. The van der Waals surface area contributed by atoms with E-state index in [1.807, 2.05) is 25.1 Å². The van der Waals surface area contributed by atoms with Crippen LogP contribution in [0.3, 0.4) is 0 Å². The van der Waals surface area contributed by atoms with Gasteiger partial charge in [0.15, 0.2) is 11.5 Å². The molecule has 1 aromatic rings. The monoisotopic (exact) mass is 354 g/mol. The minimum absolute atomic E-state index is 0.165. The van der Waals surface area contributed by atoms with Crippen molar-refractivity contribution < 1.29 is 9.84 Å². The lowest BCUT2D eigenvalue weighted by molar-refractivity contribution is 0.174. The summed E-state index contributed by atoms with van der Waals surface area (Å²) in [7, 11) is 0. The van der Waals surface area contributed by atoms with E-state index in [1.54, 1.807) is 0 Å². The second-order valence-electron chi connectivity index (χ2n) is 5.11. The van der Waals surface area contributed by atoms with Crippen molar-refractivity contribution in [3.63, 3.8) is 0 Å². The first-order valence-electron chi connectivity index (χ1n) is 7.38. The molecule has 4 nitrogen and oxygen atoms in total. The summed E-state index contributed by atoms with van der Waals surface area (Å²) >= 11 is 3.42. The Labute approximate surface area is 134 Å². The Balaban J connectivity index is 2.32. The molecule has 1 aliphatic rings. The van der Waals surface area contributed by atoms with E-state index in [2.05, 4.69) is 32.7 Å². The maximum absolute atomic E-state index is 10.1. The fraction of sp³-hybridized carbons (Fsp3) is 0.500. The van der Waals surface area contributed by atoms with Crippen LogP contribution in [0, 0.1) is 0 Å². The Bertz CT molecular complexity index is 487. The molecule has 0 aliphatic carbocycles. The number of piperazine rings is 1. The molecule has 0 saturated carbocycles. The SMILES string of the molecule is C=CC[C@H](c1cc(Br)c(O)c(OCC)c1)N1CCNCC1. The molecule has 0 bridgehead atoms. The second kappa shape index (κ2) is 7.82. The Kier molecular flexibility index (Phi) is 6.08. The molecule has 21 heavy (non-hydrogen) atoms. The van der Waals surface area contributed by atoms with Crippen LogP contribution in [-0.4, -0.2) is 42.8 Å². The van der Waals surface area contributed by atoms with Gasteiger partial charge < -0.3 is 15.2 Å². The van der Waals surface area contributed by atoms with Gasteiger partial charge in [-0.2, -0.15) is 0 Å². The summed E-state index contributed by atoms with van der Waals surface area (Å²) in [6.45, 7) is 10.4. The topological polar surface area (TPSA) is 44.7 Å². The van der Waals surface area contributed by atoms with Crippen molar-refractivity contribution in [1.82, 2.24) is 10.2 Å². The molecule has 0 radical (unpaired) electrons. The van der Waals surface area contributed by atoms with Gasteiger partial charge in [0, 0.05) is 32.2 Å². The first-order valence-corrected chi connectivity index (χ1v) is 8.17. The first-order chi connectivity index (χ1) is 10.2. The molecule has 5 heteroatoms. The van der Waals surface area contributed by atoms with Gasteiger partial charge in [0.1, 0.15) is 0 Å². The summed E-state index contributed by atoms with van der Waals surface area (Å²) in [5.41, 5.74) is 1.14. The average molecular weight is 355 g/mol. The smallest absolute Gasteiger partial charge is 0.172 e. The minimum atomic E-state index is 0.165. The molecular formula is C16H23BrN2O2. The molecule has 0 amide bonds. The van der Waals surface area contributed by atoms with E-state index in [0.29, 0.717) is 16.8 Å².